The Kier molecular flexibility index (Phi) is 42.8. The first kappa shape index (κ1) is 97.4. The molecule has 6 N–H and O–H groups in total. The zero-order chi connectivity index (χ0) is 87.4. The van der Waals surface area contributed by atoms with Crippen molar-refractivity contribution in [1.82, 2.24) is 89.7 Å². The summed E-state index contributed by atoms with van der Waals surface area (Å²) in [6, 6.07) is 43.7. The Morgan fingerprint density at radius 3 is 1.09 bits per heavy atom. The van der Waals surface area contributed by atoms with E-state index in [9.17, 15) is 22.7 Å². The van der Waals surface area contributed by atoms with E-state index in [0.29, 0.717) is 18.7 Å². The molecule has 0 aliphatic carbocycles. The molecule has 0 bridgehead atoms. The van der Waals surface area contributed by atoms with Gasteiger partial charge in [-0.2, -0.15) is 35.9 Å². The molecule has 0 aliphatic rings. The predicted octanol–water partition coefficient (Wildman–Crippen LogP) is 18.8. The van der Waals surface area contributed by atoms with Crippen molar-refractivity contribution in [2.75, 3.05) is 93.8 Å². The third-order valence-electron chi connectivity index (χ3n) is 19.6. The lowest BCUT2D eigenvalue weighted by molar-refractivity contribution is 0.242. The Hall–Kier alpha value is -10.7. The first-order chi connectivity index (χ1) is 58.6. The maximum Gasteiger partial charge on any atom is 0.123 e. The van der Waals surface area contributed by atoms with Crippen LogP contribution in [0.2, 0.25) is 0 Å². The van der Waals surface area contributed by atoms with Gasteiger partial charge in [0.2, 0.25) is 0 Å². The van der Waals surface area contributed by atoms with E-state index in [-0.39, 0.29) is 42.6 Å². The SMILES string of the molecule is CCCN(C)Cc1cn(CCO)nc1-c1ccc(F)cc1.CCCN(C)Cc1cn[nH]c1-c1ccc(C#N)cc1.CCCN(C)Cc1cn[nH]c1-c1ccc(OC(C)C)cc1.CCCN(C)Cc1cnn(CCO)c1-c1ccc(F)cc1.CCCN(CC)Cc1cn[nH]c1-c1ccc(F)cc1.CCCN(CCC)Cc1cn[nH]c1-c1ccc(F)cc1. The number of nitrogens with one attached hydrogen (secondary N) is 4. The van der Waals surface area contributed by atoms with E-state index >= 15 is 0 Å². The summed E-state index contributed by atoms with van der Waals surface area (Å²) in [5.41, 5.74) is 19.5. The first-order valence-electron chi connectivity index (χ1n) is 42.5. The highest BCUT2D eigenvalue weighted by molar-refractivity contribution is 5.67. The van der Waals surface area contributed by atoms with Crippen LogP contribution in [0.25, 0.3) is 67.5 Å². The van der Waals surface area contributed by atoms with Crippen LogP contribution in [0.3, 0.4) is 0 Å². The molecule has 0 saturated heterocycles. The number of nitrogens with zero attached hydrogens (tertiary/aromatic N) is 15. The van der Waals surface area contributed by atoms with Crippen molar-refractivity contribution in [2.24, 2.45) is 0 Å². The number of aliphatic hydroxyl groups excluding tert-OH is 2. The average molecular weight is 1660 g/mol. The van der Waals surface area contributed by atoms with Crippen LogP contribution in [0, 0.1) is 34.6 Å². The highest BCUT2D eigenvalue weighted by Crippen LogP contribution is 2.31. The quantitative estimate of drug-likeness (QED) is 0.0196. The molecular formula is C95H129F4N19O3. The van der Waals surface area contributed by atoms with Crippen LogP contribution in [-0.2, 0) is 52.4 Å². The van der Waals surface area contributed by atoms with E-state index in [1.165, 1.54) is 65.2 Å². The number of halogens is 4. The Labute approximate surface area is 714 Å². The van der Waals surface area contributed by atoms with Gasteiger partial charge in [0.05, 0.1) is 109 Å². The molecule has 650 valence electrons. The fourth-order valence-corrected chi connectivity index (χ4v) is 14.1. The van der Waals surface area contributed by atoms with Crippen molar-refractivity contribution in [3.63, 3.8) is 0 Å². The molecule has 0 aliphatic heterocycles. The van der Waals surface area contributed by atoms with Gasteiger partial charge in [-0.1, -0.05) is 67.5 Å². The van der Waals surface area contributed by atoms with Gasteiger partial charge in [-0.15, -0.1) is 0 Å². The molecule has 0 atom stereocenters. The summed E-state index contributed by atoms with van der Waals surface area (Å²) < 4.78 is 61.4. The number of hydrogen-bond donors (Lipinski definition) is 6. The lowest BCUT2D eigenvalue weighted by atomic mass is 10.1. The molecule has 0 radical (unpaired) electrons. The number of H-pyrrole nitrogens is 4. The maximum atomic E-state index is 13.1. The number of ether oxygens (including phenoxy) is 1. The Morgan fingerprint density at radius 2 is 0.727 bits per heavy atom. The van der Waals surface area contributed by atoms with Gasteiger partial charge < -0.3 is 34.5 Å². The Balaban J connectivity index is 0.000000200. The second kappa shape index (κ2) is 53.1. The van der Waals surface area contributed by atoms with E-state index < -0.39 is 0 Å². The maximum absolute atomic E-state index is 13.1. The lowest BCUT2D eigenvalue weighted by Crippen LogP contribution is -2.24. The predicted molar refractivity (Wildman–Crippen MR) is 480 cm³/mol. The molecule has 12 rings (SSSR count). The molecular weight excluding hydrogens is 1530 g/mol. The van der Waals surface area contributed by atoms with Gasteiger partial charge in [-0.05, 0) is 278 Å². The number of benzene rings is 6. The molecule has 6 heterocycles. The molecule has 6 aromatic heterocycles. The van der Waals surface area contributed by atoms with Crippen LogP contribution in [0.4, 0.5) is 17.6 Å². The molecule has 12 aromatic rings. The average Bonchev–Trinajstić information content (AvgIpc) is 1.67. The lowest BCUT2D eigenvalue weighted by Gasteiger charge is -2.20. The second-order valence-electron chi connectivity index (χ2n) is 30.5. The van der Waals surface area contributed by atoms with Gasteiger partial charge in [0, 0.05) is 107 Å². The number of aromatic nitrogens is 12. The van der Waals surface area contributed by atoms with Crippen LogP contribution in [-0.4, -0.2) is 200 Å². The zero-order valence-corrected chi connectivity index (χ0v) is 73.6. The van der Waals surface area contributed by atoms with E-state index in [0.717, 1.165) is 227 Å². The Morgan fingerprint density at radius 1 is 0.397 bits per heavy atom. The van der Waals surface area contributed by atoms with Gasteiger partial charge in [0.1, 0.15) is 29.0 Å². The molecule has 0 fully saturated rings. The molecule has 0 unspecified atom stereocenters. The molecule has 121 heavy (non-hydrogen) atoms. The largest absolute Gasteiger partial charge is 0.491 e. The van der Waals surface area contributed by atoms with Crippen molar-refractivity contribution in [1.29, 1.82) is 5.26 Å². The molecule has 26 heteroatoms. The standard InChI is InChI=1S/C17H25N3O.2C16H22FN3O.C16H22FN3.C15H20FN3.C15H18N4/c1-5-10-20(4)12-15-11-18-19-17(15)14-6-8-16(9-7-14)21-13(2)3;1-3-8-19(2)11-14-12-20(9-10-21)18-16(14)13-4-6-15(17)7-5-13;1-3-8-19(2)12-14-11-18-20(9-10-21)16(14)13-4-6-15(17)7-5-13;1-3-9-20(10-4-2)12-14-11-18-19-16(14)13-5-7-15(17)8-6-13;1-3-9-19(4-2)11-13-10-17-18-15(13)12-5-7-14(16)8-6-12;1-3-8-19(2)11-14-10-17-18-15(14)13-6-4-12(9-16)5-7-13/h6-9,11,13H,5,10,12H2,1-4H3,(H,18,19);4-7,12,21H,3,8-11H2,1-2H3;4-7,11,21H,3,8-10,12H2,1-2H3;5-8,11H,3-4,9-10,12H2,1-2H3,(H,18,19);5-8,10H,3-4,9,11H2,1-2H3,(H,17,18);4-7,10H,3,8,11H2,1-2H3,(H,17,18). The number of nitriles is 1. The summed E-state index contributed by atoms with van der Waals surface area (Å²) in [6.45, 7) is 36.0. The minimum Gasteiger partial charge on any atom is -0.491 e. The summed E-state index contributed by atoms with van der Waals surface area (Å²) in [6.07, 6.45) is 19.4. The van der Waals surface area contributed by atoms with Gasteiger partial charge in [0.25, 0.3) is 0 Å². The van der Waals surface area contributed by atoms with Crippen LogP contribution < -0.4 is 4.74 Å². The van der Waals surface area contributed by atoms with Crippen molar-refractivity contribution in [2.45, 2.75) is 173 Å². The normalized spacial score (nSPS) is 11.2. The summed E-state index contributed by atoms with van der Waals surface area (Å²) in [7, 11) is 8.39. The molecule has 0 saturated carbocycles. The zero-order valence-electron chi connectivity index (χ0n) is 73.6. The van der Waals surface area contributed by atoms with Crippen molar-refractivity contribution in [3.05, 3.63) is 245 Å². The number of hydrogen-bond acceptors (Lipinski definition) is 16. The topological polar surface area (TPSA) is 243 Å². The van der Waals surface area contributed by atoms with Crippen molar-refractivity contribution >= 4 is 0 Å². The Bertz CT molecular complexity index is 4820. The van der Waals surface area contributed by atoms with Crippen molar-refractivity contribution in [3.8, 4) is 79.4 Å². The first-order valence-corrected chi connectivity index (χ1v) is 42.5. The van der Waals surface area contributed by atoms with Crippen LogP contribution >= 0.6 is 0 Å². The molecule has 0 amide bonds. The summed E-state index contributed by atoms with van der Waals surface area (Å²) in [4.78, 5) is 13.8. The monoisotopic (exact) mass is 1660 g/mol. The highest BCUT2D eigenvalue weighted by atomic mass is 19.1. The van der Waals surface area contributed by atoms with E-state index in [1.54, 1.807) is 57.9 Å². The summed E-state index contributed by atoms with van der Waals surface area (Å²) >= 11 is 0. The highest BCUT2D eigenvalue weighted by Gasteiger charge is 2.19. The van der Waals surface area contributed by atoms with Gasteiger partial charge >= 0.3 is 0 Å². The van der Waals surface area contributed by atoms with E-state index in [2.05, 4.69) is 182 Å². The smallest absolute Gasteiger partial charge is 0.123 e. The van der Waals surface area contributed by atoms with Crippen molar-refractivity contribution < 1.29 is 32.5 Å². The third kappa shape index (κ3) is 32.3. The van der Waals surface area contributed by atoms with Crippen LogP contribution in [0.5, 0.6) is 5.75 Å². The van der Waals surface area contributed by atoms with E-state index in [1.807, 2.05) is 87.4 Å². The minimum absolute atomic E-state index is 0.0279. The van der Waals surface area contributed by atoms with E-state index in [4.69, 9.17) is 15.1 Å². The third-order valence-corrected chi connectivity index (χ3v) is 19.6. The van der Waals surface area contributed by atoms with Crippen LogP contribution in [0.1, 0.15) is 153 Å². The minimum atomic E-state index is -0.253. The number of aliphatic hydroxyl groups is 2. The summed E-state index contributed by atoms with van der Waals surface area (Å²) in [5, 5.41) is 64.8. The summed E-state index contributed by atoms with van der Waals surface area (Å²) in [5.74, 6) is -0.0351. The van der Waals surface area contributed by atoms with Crippen LogP contribution in [0.15, 0.2) is 183 Å². The second-order valence-corrected chi connectivity index (χ2v) is 30.5. The van der Waals surface area contributed by atoms with Gasteiger partial charge in [-0.25, -0.2) is 17.6 Å². The fourth-order valence-electron chi connectivity index (χ4n) is 14.1. The fraction of sp³-hybridized carbons (Fsp3) is 0.421. The number of rotatable bonds is 39. The van der Waals surface area contributed by atoms with Gasteiger partial charge in [-0.3, -0.25) is 39.6 Å². The molecule has 0 spiro atoms. The number of aromatic amines is 4. The van der Waals surface area contributed by atoms with Gasteiger partial charge in [0.15, 0.2) is 0 Å². The molecule has 22 nitrogen and oxygen atoms in total. The molecule has 6 aromatic carbocycles.